The van der Waals surface area contributed by atoms with Gasteiger partial charge in [-0.3, -0.25) is 0 Å². The van der Waals surface area contributed by atoms with E-state index in [-0.39, 0.29) is 11.9 Å². The number of thioether (sulfide) groups is 1. The van der Waals surface area contributed by atoms with Gasteiger partial charge >= 0.3 is 0 Å². The van der Waals surface area contributed by atoms with Crippen LogP contribution < -0.4 is 5.32 Å². The first kappa shape index (κ1) is 12.6. The largest absolute Gasteiger partial charge is 0.337 e. The molecule has 0 aliphatic carbocycles. The van der Waals surface area contributed by atoms with E-state index in [1.54, 1.807) is 19.1 Å². The third kappa shape index (κ3) is 2.64. The number of nitrogens with one attached hydrogen (secondary N) is 1. The number of rotatable bonds is 2. The van der Waals surface area contributed by atoms with Gasteiger partial charge in [0.1, 0.15) is 5.82 Å². The fraction of sp³-hybridized carbons (Fsp3) is 0.385. The van der Waals surface area contributed by atoms with Crippen LogP contribution in [0.2, 0.25) is 0 Å². The Bertz CT molecular complexity index is 581. The van der Waals surface area contributed by atoms with E-state index < -0.39 is 0 Å². The second-order valence-electron chi connectivity index (χ2n) is 4.50. The first-order valence-electron chi connectivity index (χ1n) is 6.15. The SMILES string of the molecule is Cc1cc(-c2noc(C3CSCCN3)n2)ccc1F. The molecule has 1 fully saturated rings. The molecular weight excluding hydrogens is 265 g/mol. The Morgan fingerprint density at radius 1 is 1.47 bits per heavy atom. The van der Waals surface area contributed by atoms with Gasteiger partial charge in [-0.25, -0.2) is 4.39 Å². The summed E-state index contributed by atoms with van der Waals surface area (Å²) in [6.07, 6.45) is 0. The Balaban J connectivity index is 1.85. The number of benzene rings is 1. The van der Waals surface area contributed by atoms with Crippen LogP contribution in [0.1, 0.15) is 17.5 Å². The summed E-state index contributed by atoms with van der Waals surface area (Å²) < 4.78 is 18.5. The molecule has 1 aliphatic rings. The molecule has 1 aliphatic heterocycles. The molecule has 1 aromatic carbocycles. The highest BCUT2D eigenvalue weighted by molar-refractivity contribution is 7.99. The van der Waals surface area contributed by atoms with Gasteiger partial charge in [0.15, 0.2) is 0 Å². The number of halogens is 1. The van der Waals surface area contributed by atoms with Gasteiger partial charge in [0.2, 0.25) is 11.7 Å². The van der Waals surface area contributed by atoms with Crippen LogP contribution >= 0.6 is 11.8 Å². The van der Waals surface area contributed by atoms with E-state index in [1.165, 1.54) is 6.07 Å². The lowest BCUT2D eigenvalue weighted by Crippen LogP contribution is -2.30. The van der Waals surface area contributed by atoms with Gasteiger partial charge in [0.05, 0.1) is 6.04 Å². The van der Waals surface area contributed by atoms with Gasteiger partial charge in [-0.15, -0.1) is 0 Å². The summed E-state index contributed by atoms with van der Waals surface area (Å²) in [6, 6.07) is 4.93. The van der Waals surface area contributed by atoms with Crippen LogP contribution in [-0.2, 0) is 0 Å². The molecule has 19 heavy (non-hydrogen) atoms. The molecule has 1 unspecified atom stereocenters. The molecule has 6 heteroatoms. The fourth-order valence-electron chi connectivity index (χ4n) is 2.00. The normalized spacial score (nSPS) is 19.6. The van der Waals surface area contributed by atoms with E-state index >= 15 is 0 Å². The second kappa shape index (κ2) is 5.30. The lowest BCUT2D eigenvalue weighted by Gasteiger charge is -2.19. The molecule has 0 amide bonds. The summed E-state index contributed by atoms with van der Waals surface area (Å²) in [5.41, 5.74) is 1.35. The van der Waals surface area contributed by atoms with Gasteiger partial charge in [0.25, 0.3) is 0 Å². The van der Waals surface area contributed by atoms with Crippen molar-refractivity contribution < 1.29 is 8.91 Å². The molecule has 0 radical (unpaired) electrons. The summed E-state index contributed by atoms with van der Waals surface area (Å²) in [7, 11) is 0. The molecule has 1 saturated heterocycles. The van der Waals surface area contributed by atoms with Crippen molar-refractivity contribution in [2.24, 2.45) is 0 Å². The van der Waals surface area contributed by atoms with Gasteiger partial charge in [-0.05, 0) is 30.7 Å². The van der Waals surface area contributed by atoms with Crippen molar-refractivity contribution in [3.05, 3.63) is 35.5 Å². The van der Waals surface area contributed by atoms with Crippen LogP contribution in [0.25, 0.3) is 11.4 Å². The van der Waals surface area contributed by atoms with Crippen molar-refractivity contribution >= 4 is 11.8 Å². The van der Waals surface area contributed by atoms with Gasteiger partial charge < -0.3 is 9.84 Å². The Labute approximate surface area is 114 Å². The van der Waals surface area contributed by atoms with Gasteiger partial charge in [-0.1, -0.05) is 5.16 Å². The Kier molecular flexibility index (Phi) is 3.52. The summed E-state index contributed by atoms with van der Waals surface area (Å²) in [5.74, 6) is 2.93. The molecule has 4 nitrogen and oxygen atoms in total. The first-order chi connectivity index (χ1) is 9.24. The van der Waals surface area contributed by atoms with E-state index in [0.29, 0.717) is 17.3 Å². The van der Waals surface area contributed by atoms with Crippen LogP contribution in [0.15, 0.2) is 22.7 Å². The zero-order valence-corrected chi connectivity index (χ0v) is 11.3. The van der Waals surface area contributed by atoms with Crippen molar-refractivity contribution in [2.45, 2.75) is 13.0 Å². The predicted molar refractivity (Wildman–Crippen MR) is 72.5 cm³/mol. The number of nitrogens with zero attached hydrogens (tertiary/aromatic N) is 2. The molecule has 2 aromatic rings. The van der Waals surface area contributed by atoms with Crippen LogP contribution in [0.3, 0.4) is 0 Å². The highest BCUT2D eigenvalue weighted by atomic mass is 32.2. The minimum Gasteiger partial charge on any atom is -0.337 e. The van der Waals surface area contributed by atoms with Gasteiger partial charge in [0, 0.05) is 23.6 Å². The van der Waals surface area contributed by atoms with Crippen molar-refractivity contribution in [1.29, 1.82) is 0 Å². The van der Waals surface area contributed by atoms with Crippen molar-refractivity contribution in [1.82, 2.24) is 15.5 Å². The molecule has 0 spiro atoms. The maximum absolute atomic E-state index is 13.2. The van der Waals surface area contributed by atoms with E-state index in [0.717, 1.165) is 23.6 Å². The van der Waals surface area contributed by atoms with Crippen molar-refractivity contribution in [3.8, 4) is 11.4 Å². The fourth-order valence-corrected chi connectivity index (χ4v) is 2.93. The van der Waals surface area contributed by atoms with Crippen molar-refractivity contribution in [2.75, 3.05) is 18.1 Å². The highest BCUT2D eigenvalue weighted by Crippen LogP contribution is 2.24. The van der Waals surface area contributed by atoms with E-state index in [9.17, 15) is 4.39 Å². The summed E-state index contributed by atoms with van der Waals surface area (Å²) in [5, 5.41) is 7.32. The summed E-state index contributed by atoms with van der Waals surface area (Å²) in [6.45, 7) is 2.67. The Hall–Kier alpha value is -1.40. The van der Waals surface area contributed by atoms with Crippen LogP contribution in [-0.4, -0.2) is 28.2 Å². The predicted octanol–water partition coefficient (Wildman–Crippen LogP) is 2.56. The zero-order valence-electron chi connectivity index (χ0n) is 10.5. The lowest BCUT2D eigenvalue weighted by atomic mass is 10.1. The topological polar surface area (TPSA) is 51.0 Å². The summed E-state index contributed by atoms with van der Waals surface area (Å²) >= 11 is 1.87. The van der Waals surface area contributed by atoms with Crippen molar-refractivity contribution in [3.63, 3.8) is 0 Å². The molecule has 100 valence electrons. The number of hydrogen-bond acceptors (Lipinski definition) is 5. The second-order valence-corrected chi connectivity index (χ2v) is 5.65. The first-order valence-corrected chi connectivity index (χ1v) is 7.31. The minimum atomic E-state index is -0.224. The molecule has 1 atom stereocenters. The molecule has 2 heterocycles. The monoisotopic (exact) mass is 279 g/mol. The maximum atomic E-state index is 13.2. The number of aryl methyl sites for hydroxylation is 1. The van der Waals surface area contributed by atoms with E-state index in [1.807, 2.05) is 11.8 Å². The molecule has 3 rings (SSSR count). The Morgan fingerprint density at radius 3 is 3.11 bits per heavy atom. The maximum Gasteiger partial charge on any atom is 0.244 e. The van der Waals surface area contributed by atoms with E-state index in [2.05, 4.69) is 15.5 Å². The third-order valence-electron chi connectivity index (χ3n) is 3.08. The van der Waals surface area contributed by atoms with Gasteiger partial charge in [-0.2, -0.15) is 16.7 Å². The smallest absolute Gasteiger partial charge is 0.244 e. The summed E-state index contributed by atoms with van der Waals surface area (Å²) in [4.78, 5) is 4.40. The molecule has 0 bridgehead atoms. The minimum absolute atomic E-state index is 0.113. The average Bonchev–Trinajstić information content (AvgIpc) is 2.93. The molecule has 0 saturated carbocycles. The quantitative estimate of drug-likeness (QED) is 0.915. The number of hydrogen-bond donors (Lipinski definition) is 1. The number of aromatic nitrogens is 2. The lowest BCUT2D eigenvalue weighted by molar-refractivity contribution is 0.342. The molecular formula is C13H14FN3OS. The Morgan fingerprint density at radius 2 is 2.37 bits per heavy atom. The highest BCUT2D eigenvalue weighted by Gasteiger charge is 2.21. The van der Waals surface area contributed by atoms with Crippen LogP contribution in [0.5, 0.6) is 0 Å². The zero-order chi connectivity index (χ0) is 13.2. The molecule has 1 N–H and O–H groups in total. The van der Waals surface area contributed by atoms with Crippen LogP contribution in [0, 0.1) is 12.7 Å². The molecule has 1 aromatic heterocycles. The third-order valence-corrected chi connectivity index (χ3v) is 4.14. The average molecular weight is 279 g/mol. The van der Waals surface area contributed by atoms with E-state index in [4.69, 9.17) is 4.52 Å². The standard InChI is InChI=1S/C13H14FN3OS/c1-8-6-9(2-3-10(8)14)12-16-13(18-17-12)11-7-19-5-4-15-11/h2-3,6,11,15H,4-5,7H2,1H3. The van der Waals surface area contributed by atoms with Crippen LogP contribution in [0.4, 0.5) is 4.39 Å².